The van der Waals surface area contributed by atoms with Crippen LogP contribution in [0.4, 0.5) is 0 Å². The molecule has 0 amide bonds. The summed E-state index contributed by atoms with van der Waals surface area (Å²) in [6, 6.07) is 0. The topological polar surface area (TPSA) is 79.2 Å². The van der Waals surface area contributed by atoms with Crippen LogP contribution < -0.4 is 0 Å². The maximum atomic E-state index is 12.4. The summed E-state index contributed by atoms with van der Waals surface area (Å²) in [6.45, 7) is 7.89. The van der Waals surface area contributed by atoms with Gasteiger partial charge in [0.05, 0.1) is 25.0 Å². The molecule has 0 aliphatic heterocycles. The fourth-order valence-electron chi connectivity index (χ4n) is 1.28. The summed E-state index contributed by atoms with van der Waals surface area (Å²) < 4.78 is 23.2. The first kappa shape index (κ1) is 18.0. The summed E-state index contributed by atoms with van der Waals surface area (Å²) >= 11 is 0. The average Bonchev–Trinajstić information content (AvgIpc) is 2.25. The molecule has 2 N–H and O–H groups in total. The van der Waals surface area contributed by atoms with Crippen LogP contribution in [0.3, 0.4) is 0 Å². The molecule has 0 aromatic rings. The van der Waals surface area contributed by atoms with Gasteiger partial charge in [-0.2, -0.15) is 0 Å². The van der Waals surface area contributed by atoms with Gasteiger partial charge in [-0.25, -0.2) is 0 Å². The Labute approximate surface area is 109 Å². The molecule has 0 bridgehead atoms. The van der Waals surface area contributed by atoms with Crippen molar-refractivity contribution in [1.29, 1.82) is 0 Å². The highest BCUT2D eigenvalue weighted by Crippen LogP contribution is 2.53. The Kier molecular flexibility index (Phi) is 9.03. The van der Waals surface area contributed by atoms with E-state index < -0.39 is 7.60 Å². The summed E-state index contributed by atoms with van der Waals surface area (Å²) in [7, 11) is -3.15. The monoisotopic (exact) mass is 283 g/mol. The molecule has 6 nitrogen and oxygen atoms in total. The Morgan fingerprint density at radius 2 is 1.61 bits per heavy atom. The maximum Gasteiger partial charge on any atom is 0.334 e. The maximum absolute atomic E-state index is 12.4. The Bertz CT molecular complexity index is 254. The van der Waals surface area contributed by atoms with E-state index in [9.17, 15) is 4.57 Å². The fourth-order valence-corrected chi connectivity index (χ4v) is 2.80. The molecule has 0 fully saturated rings. The number of nitrogens with zero attached hydrogens (tertiary/aromatic N) is 1. The zero-order chi connectivity index (χ0) is 14.2. The predicted molar refractivity (Wildman–Crippen MR) is 70.7 cm³/mol. The van der Waals surface area contributed by atoms with Gasteiger partial charge in [-0.3, -0.25) is 14.0 Å². The van der Waals surface area contributed by atoms with Crippen LogP contribution in [0, 0.1) is 0 Å². The van der Waals surface area contributed by atoms with E-state index in [4.69, 9.17) is 19.3 Å². The van der Waals surface area contributed by atoms with Gasteiger partial charge in [-0.05, 0) is 13.8 Å². The Balaban J connectivity index is 4.44. The van der Waals surface area contributed by atoms with Gasteiger partial charge in [0.25, 0.3) is 0 Å². The minimum atomic E-state index is -3.15. The third-order valence-corrected chi connectivity index (χ3v) is 4.70. The van der Waals surface area contributed by atoms with Crippen LogP contribution in [-0.4, -0.2) is 59.9 Å². The van der Waals surface area contributed by atoms with Crippen LogP contribution in [0.2, 0.25) is 0 Å². The van der Waals surface area contributed by atoms with E-state index >= 15 is 0 Å². The van der Waals surface area contributed by atoms with Crippen LogP contribution in [0.25, 0.3) is 0 Å². The molecule has 0 aliphatic carbocycles. The van der Waals surface area contributed by atoms with E-state index in [0.29, 0.717) is 13.1 Å². The standard InChI is InChI=1S/C11H26NO5P/c1-10(2)17-18(15,11(3)4)16-9-12(5-7-13)6-8-14/h10-11,13-14H,5-9H2,1-4H3. The third-order valence-electron chi connectivity index (χ3n) is 2.24. The van der Waals surface area contributed by atoms with Gasteiger partial charge < -0.3 is 14.7 Å². The smallest absolute Gasteiger partial charge is 0.334 e. The predicted octanol–water partition coefficient (Wildman–Crippen LogP) is 1.27. The lowest BCUT2D eigenvalue weighted by molar-refractivity contribution is 0.0640. The van der Waals surface area contributed by atoms with Crippen molar-refractivity contribution >= 4 is 7.60 Å². The Morgan fingerprint density at radius 3 is 1.94 bits per heavy atom. The quantitative estimate of drug-likeness (QED) is 0.464. The lowest BCUT2D eigenvalue weighted by Gasteiger charge is -2.27. The molecule has 1 unspecified atom stereocenters. The van der Waals surface area contributed by atoms with E-state index in [1.165, 1.54) is 0 Å². The second-order valence-corrected chi connectivity index (χ2v) is 7.19. The highest BCUT2D eigenvalue weighted by molar-refractivity contribution is 7.54. The Hall–Kier alpha value is 0.0300. The van der Waals surface area contributed by atoms with E-state index in [0.717, 1.165) is 0 Å². The first-order valence-electron chi connectivity index (χ1n) is 6.22. The van der Waals surface area contributed by atoms with Gasteiger partial charge in [0.2, 0.25) is 0 Å². The molecule has 0 rings (SSSR count). The average molecular weight is 283 g/mol. The van der Waals surface area contributed by atoms with Crippen molar-refractivity contribution in [2.24, 2.45) is 0 Å². The molecule has 7 heteroatoms. The highest BCUT2D eigenvalue weighted by atomic mass is 31.2. The molecule has 0 aromatic heterocycles. The van der Waals surface area contributed by atoms with Gasteiger partial charge in [0, 0.05) is 13.1 Å². The summed E-state index contributed by atoms with van der Waals surface area (Å²) in [6.07, 6.45) is -0.178. The number of rotatable bonds is 10. The third kappa shape index (κ3) is 6.83. The molecule has 0 spiro atoms. The molecule has 18 heavy (non-hydrogen) atoms. The van der Waals surface area contributed by atoms with E-state index in [1.54, 1.807) is 32.6 Å². The summed E-state index contributed by atoms with van der Waals surface area (Å²) in [4.78, 5) is 1.68. The van der Waals surface area contributed by atoms with Crippen molar-refractivity contribution in [3.63, 3.8) is 0 Å². The summed E-state index contributed by atoms with van der Waals surface area (Å²) in [5.41, 5.74) is -0.231. The molecule has 0 aliphatic rings. The summed E-state index contributed by atoms with van der Waals surface area (Å²) in [5, 5.41) is 17.7. The molecule has 0 heterocycles. The van der Waals surface area contributed by atoms with Crippen molar-refractivity contribution in [2.45, 2.75) is 39.5 Å². The zero-order valence-electron chi connectivity index (χ0n) is 11.7. The zero-order valence-corrected chi connectivity index (χ0v) is 12.6. The molecule has 0 aromatic carbocycles. The van der Waals surface area contributed by atoms with Crippen molar-refractivity contribution in [3.8, 4) is 0 Å². The molecule has 0 saturated heterocycles. The van der Waals surface area contributed by atoms with Gasteiger partial charge in [-0.1, -0.05) is 13.8 Å². The summed E-state index contributed by atoms with van der Waals surface area (Å²) in [5.74, 6) is 0. The van der Waals surface area contributed by atoms with Gasteiger partial charge >= 0.3 is 7.60 Å². The lowest BCUT2D eigenvalue weighted by atomic mass is 10.5. The van der Waals surface area contributed by atoms with Crippen molar-refractivity contribution < 1.29 is 23.8 Å². The first-order valence-corrected chi connectivity index (χ1v) is 7.83. The lowest BCUT2D eigenvalue weighted by Crippen LogP contribution is -2.32. The van der Waals surface area contributed by atoms with Gasteiger partial charge in [0.1, 0.15) is 6.73 Å². The molecule has 0 radical (unpaired) electrons. The molecule has 1 atom stereocenters. The highest BCUT2D eigenvalue weighted by Gasteiger charge is 2.31. The number of hydrogen-bond acceptors (Lipinski definition) is 6. The number of aliphatic hydroxyl groups is 2. The van der Waals surface area contributed by atoms with E-state index in [2.05, 4.69) is 0 Å². The minimum absolute atomic E-state index is 0.0413. The van der Waals surface area contributed by atoms with Crippen molar-refractivity contribution in [1.82, 2.24) is 4.90 Å². The van der Waals surface area contributed by atoms with Gasteiger partial charge in [-0.15, -0.1) is 0 Å². The van der Waals surface area contributed by atoms with Crippen molar-refractivity contribution in [3.05, 3.63) is 0 Å². The second-order valence-electron chi connectivity index (χ2n) is 4.61. The van der Waals surface area contributed by atoms with E-state index in [-0.39, 0.29) is 31.7 Å². The van der Waals surface area contributed by atoms with Gasteiger partial charge in [0.15, 0.2) is 0 Å². The molecule has 0 saturated carbocycles. The number of hydrogen-bond donors (Lipinski definition) is 2. The molecular formula is C11H26NO5P. The van der Waals surface area contributed by atoms with Crippen LogP contribution in [-0.2, 0) is 13.6 Å². The minimum Gasteiger partial charge on any atom is -0.395 e. The van der Waals surface area contributed by atoms with Crippen LogP contribution in [0.1, 0.15) is 27.7 Å². The molecule has 110 valence electrons. The Morgan fingerprint density at radius 1 is 1.11 bits per heavy atom. The number of aliphatic hydroxyl groups excluding tert-OH is 2. The fraction of sp³-hybridized carbons (Fsp3) is 1.00. The largest absolute Gasteiger partial charge is 0.395 e. The normalized spacial score (nSPS) is 15.6. The van der Waals surface area contributed by atoms with E-state index in [1.807, 2.05) is 0 Å². The van der Waals surface area contributed by atoms with Crippen LogP contribution in [0.5, 0.6) is 0 Å². The van der Waals surface area contributed by atoms with Crippen LogP contribution >= 0.6 is 7.60 Å². The van der Waals surface area contributed by atoms with Crippen molar-refractivity contribution in [2.75, 3.05) is 33.0 Å². The SMILES string of the molecule is CC(C)OP(=O)(OCN(CCO)CCO)C(C)C. The molecular weight excluding hydrogens is 257 g/mol. The first-order chi connectivity index (χ1) is 8.35. The van der Waals surface area contributed by atoms with Crippen LogP contribution in [0.15, 0.2) is 0 Å². The second kappa shape index (κ2) is 9.02.